The van der Waals surface area contributed by atoms with E-state index >= 15 is 0 Å². The Balaban J connectivity index is 2.17. The molecule has 17 heavy (non-hydrogen) atoms. The van der Waals surface area contributed by atoms with Crippen LogP contribution in [0.1, 0.15) is 12.8 Å². The Morgan fingerprint density at radius 2 is 2.24 bits per heavy atom. The molecule has 0 bridgehead atoms. The molecule has 0 unspecified atom stereocenters. The highest BCUT2D eigenvalue weighted by molar-refractivity contribution is 6.39. The van der Waals surface area contributed by atoms with E-state index < -0.39 is 5.91 Å². The van der Waals surface area contributed by atoms with Gasteiger partial charge in [-0.05, 0) is 0 Å². The SMILES string of the molecule is NC(=O)COCCNC(=O)C1=NNC(=O)CC1. The van der Waals surface area contributed by atoms with Gasteiger partial charge >= 0.3 is 0 Å². The molecule has 0 atom stereocenters. The zero-order chi connectivity index (χ0) is 12.7. The van der Waals surface area contributed by atoms with Crippen LogP contribution in [0.25, 0.3) is 0 Å². The van der Waals surface area contributed by atoms with Crippen molar-refractivity contribution in [3.05, 3.63) is 0 Å². The standard InChI is InChI=1S/C9H14N4O4/c10-7(14)5-17-4-3-11-9(16)6-1-2-8(15)13-12-6/h1-5H2,(H2,10,14)(H,11,16)(H,13,15). The summed E-state index contributed by atoms with van der Waals surface area (Å²) >= 11 is 0. The van der Waals surface area contributed by atoms with Crippen molar-refractivity contribution in [2.45, 2.75) is 12.8 Å². The van der Waals surface area contributed by atoms with Crippen LogP contribution < -0.4 is 16.5 Å². The van der Waals surface area contributed by atoms with Crippen molar-refractivity contribution in [2.24, 2.45) is 10.8 Å². The van der Waals surface area contributed by atoms with Gasteiger partial charge in [-0.15, -0.1) is 0 Å². The summed E-state index contributed by atoms with van der Waals surface area (Å²) in [6, 6.07) is 0. The van der Waals surface area contributed by atoms with Crippen molar-refractivity contribution in [3.8, 4) is 0 Å². The summed E-state index contributed by atoms with van der Waals surface area (Å²) in [5.74, 6) is -1.12. The van der Waals surface area contributed by atoms with E-state index in [4.69, 9.17) is 10.5 Å². The van der Waals surface area contributed by atoms with E-state index in [2.05, 4.69) is 15.8 Å². The third-order valence-electron chi connectivity index (χ3n) is 1.94. The molecule has 1 heterocycles. The van der Waals surface area contributed by atoms with Crippen LogP contribution in [0.4, 0.5) is 0 Å². The molecule has 1 rings (SSSR count). The van der Waals surface area contributed by atoms with Crippen molar-refractivity contribution in [3.63, 3.8) is 0 Å². The minimum Gasteiger partial charge on any atom is -0.370 e. The largest absolute Gasteiger partial charge is 0.370 e. The predicted octanol–water partition coefficient (Wildman–Crippen LogP) is -2.13. The Kier molecular flexibility index (Phi) is 5.08. The fraction of sp³-hybridized carbons (Fsp3) is 0.556. The monoisotopic (exact) mass is 242 g/mol. The van der Waals surface area contributed by atoms with Gasteiger partial charge in [0.1, 0.15) is 12.3 Å². The molecule has 8 heteroatoms. The number of primary amides is 1. The van der Waals surface area contributed by atoms with E-state index in [0.717, 1.165) is 0 Å². The fourth-order valence-corrected chi connectivity index (χ4v) is 1.15. The summed E-state index contributed by atoms with van der Waals surface area (Å²) in [7, 11) is 0. The number of nitrogens with two attached hydrogens (primary N) is 1. The molecule has 1 aliphatic rings. The summed E-state index contributed by atoms with van der Waals surface area (Å²) in [6.45, 7) is 0.264. The van der Waals surface area contributed by atoms with E-state index in [1.807, 2.05) is 0 Å². The average Bonchev–Trinajstić information content (AvgIpc) is 2.29. The molecule has 0 saturated carbocycles. The fourth-order valence-electron chi connectivity index (χ4n) is 1.15. The second-order valence-electron chi connectivity index (χ2n) is 3.37. The van der Waals surface area contributed by atoms with Crippen LogP contribution in [0.5, 0.6) is 0 Å². The first-order valence-electron chi connectivity index (χ1n) is 5.09. The molecule has 0 aromatic heterocycles. The molecule has 0 aromatic rings. The van der Waals surface area contributed by atoms with E-state index in [9.17, 15) is 14.4 Å². The van der Waals surface area contributed by atoms with E-state index in [-0.39, 0.29) is 43.7 Å². The third-order valence-corrected chi connectivity index (χ3v) is 1.94. The molecule has 0 spiro atoms. The summed E-state index contributed by atoms with van der Waals surface area (Å²) in [5.41, 5.74) is 7.36. The zero-order valence-electron chi connectivity index (χ0n) is 9.19. The highest BCUT2D eigenvalue weighted by Crippen LogP contribution is 1.99. The molecule has 0 aromatic carbocycles. The molecular formula is C9H14N4O4. The van der Waals surface area contributed by atoms with Gasteiger partial charge in [-0.25, -0.2) is 5.43 Å². The number of amides is 3. The lowest BCUT2D eigenvalue weighted by atomic mass is 10.1. The predicted molar refractivity (Wildman–Crippen MR) is 57.8 cm³/mol. The number of nitrogens with one attached hydrogen (secondary N) is 2. The van der Waals surface area contributed by atoms with Gasteiger partial charge in [0.05, 0.1) is 6.61 Å². The molecule has 1 aliphatic heterocycles. The number of carbonyl (C=O) groups excluding carboxylic acids is 3. The summed E-state index contributed by atoms with van der Waals surface area (Å²) in [6.07, 6.45) is 0.574. The molecule has 0 radical (unpaired) electrons. The highest BCUT2D eigenvalue weighted by Gasteiger charge is 2.17. The van der Waals surface area contributed by atoms with E-state index in [0.29, 0.717) is 6.42 Å². The average molecular weight is 242 g/mol. The lowest BCUT2D eigenvalue weighted by Crippen LogP contribution is -2.38. The van der Waals surface area contributed by atoms with Gasteiger partial charge in [-0.2, -0.15) is 5.10 Å². The maximum atomic E-state index is 11.5. The quantitative estimate of drug-likeness (QED) is 0.460. The number of hydrazone groups is 1. The zero-order valence-corrected chi connectivity index (χ0v) is 9.19. The maximum absolute atomic E-state index is 11.5. The van der Waals surface area contributed by atoms with Crippen molar-refractivity contribution in [1.82, 2.24) is 10.7 Å². The number of hydrogen-bond donors (Lipinski definition) is 3. The Morgan fingerprint density at radius 3 is 2.82 bits per heavy atom. The van der Waals surface area contributed by atoms with Crippen molar-refractivity contribution >= 4 is 23.4 Å². The molecule has 0 saturated heterocycles. The topological polar surface area (TPSA) is 123 Å². The van der Waals surface area contributed by atoms with Crippen LogP contribution in [0.15, 0.2) is 5.10 Å². The molecule has 4 N–H and O–H groups in total. The van der Waals surface area contributed by atoms with E-state index in [1.165, 1.54) is 0 Å². The lowest BCUT2D eigenvalue weighted by molar-refractivity contribution is -0.122. The number of carbonyl (C=O) groups is 3. The van der Waals surface area contributed by atoms with Gasteiger partial charge in [0.2, 0.25) is 11.8 Å². The second-order valence-corrected chi connectivity index (χ2v) is 3.37. The van der Waals surface area contributed by atoms with Crippen LogP contribution in [0, 0.1) is 0 Å². The van der Waals surface area contributed by atoms with Gasteiger partial charge in [0.25, 0.3) is 5.91 Å². The summed E-state index contributed by atoms with van der Waals surface area (Å²) in [4.78, 5) is 32.6. The van der Waals surface area contributed by atoms with Crippen LogP contribution in [0.2, 0.25) is 0 Å². The van der Waals surface area contributed by atoms with Gasteiger partial charge in [0, 0.05) is 19.4 Å². The number of rotatable bonds is 6. The molecule has 3 amide bonds. The number of hydrogen-bond acceptors (Lipinski definition) is 5. The number of nitrogens with zero attached hydrogens (tertiary/aromatic N) is 1. The smallest absolute Gasteiger partial charge is 0.267 e. The van der Waals surface area contributed by atoms with Crippen LogP contribution >= 0.6 is 0 Å². The molecule has 94 valence electrons. The Labute approximate surface area is 97.6 Å². The minimum absolute atomic E-state index is 0.174. The van der Waals surface area contributed by atoms with Gasteiger partial charge in [-0.3, -0.25) is 14.4 Å². The van der Waals surface area contributed by atoms with Crippen LogP contribution in [0.3, 0.4) is 0 Å². The first kappa shape index (κ1) is 13.1. The Bertz CT molecular complexity index is 353. The van der Waals surface area contributed by atoms with Gasteiger partial charge < -0.3 is 15.8 Å². The normalized spacial score (nSPS) is 14.8. The third kappa shape index (κ3) is 5.07. The molecular weight excluding hydrogens is 228 g/mol. The maximum Gasteiger partial charge on any atom is 0.267 e. The number of ether oxygens (including phenoxy) is 1. The summed E-state index contributed by atoms with van der Waals surface area (Å²) < 4.78 is 4.85. The van der Waals surface area contributed by atoms with Crippen LogP contribution in [-0.4, -0.2) is 43.2 Å². The molecule has 8 nitrogen and oxygen atoms in total. The summed E-state index contributed by atoms with van der Waals surface area (Å²) in [5, 5.41) is 6.17. The molecule has 0 fully saturated rings. The van der Waals surface area contributed by atoms with Gasteiger partial charge in [-0.1, -0.05) is 0 Å². The molecule has 0 aliphatic carbocycles. The second kappa shape index (κ2) is 6.59. The van der Waals surface area contributed by atoms with Gasteiger partial charge in [0.15, 0.2) is 0 Å². The highest BCUT2D eigenvalue weighted by atomic mass is 16.5. The van der Waals surface area contributed by atoms with Crippen molar-refractivity contribution < 1.29 is 19.1 Å². The Hall–Kier alpha value is -1.96. The van der Waals surface area contributed by atoms with Crippen LogP contribution in [-0.2, 0) is 19.1 Å². The minimum atomic E-state index is -0.560. The van der Waals surface area contributed by atoms with Crippen molar-refractivity contribution in [2.75, 3.05) is 19.8 Å². The van der Waals surface area contributed by atoms with E-state index in [1.54, 1.807) is 0 Å². The lowest BCUT2D eigenvalue weighted by Gasteiger charge is -2.11. The first-order chi connectivity index (χ1) is 8.09. The first-order valence-corrected chi connectivity index (χ1v) is 5.09. The van der Waals surface area contributed by atoms with Crippen molar-refractivity contribution in [1.29, 1.82) is 0 Å². The Morgan fingerprint density at radius 1 is 1.47 bits per heavy atom.